The first-order chi connectivity index (χ1) is 14.0. The van der Waals surface area contributed by atoms with Crippen molar-refractivity contribution in [2.75, 3.05) is 7.11 Å². The maximum absolute atomic E-state index is 12.9. The van der Waals surface area contributed by atoms with E-state index in [0.717, 1.165) is 0 Å². The number of halogens is 1. The van der Waals surface area contributed by atoms with Crippen molar-refractivity contribution in [2.45, 2.75) is 5.60 Å². The Morgan fingerprint density at radius 2 is 1.62 bits per heavy atom. The number of methoxy groups -OCH3 is 1. The Balaban J connectivity index is 1.89. The Morgan fingerprint density at radius 1 is 1.07 bits per heavy atom. The number of carbonyl (C=O) groups excluding carboxylic acids is 1. The maximum Gasteiger partial charge on any atom is 0.281 e. The third-order valence-corrected chi connectivity index (χ3v) is 4.65. The van der Waals surface area contributed by atoms with Gasteiger partial charge in [0.15, 0.2) is 17.1 Å². The lowest BCUT2D eigenvalue weighted by atomic mass is 9.85. The monoisotopic (exact) mass is 410 g/mol. The summed E-state index contributed by atoms with van der Waals surface area (Å²) in [6.45, 7) is 0. The van der Waals surface area contributed by atoms with Gasteiger partial charge in [-0.05, 0) is 28.8 Å². The smallest absolute Gasteiger partial charge is 0.281 e. The van der Waals surface area contributed by atoms with Crippen LogP contribution in [-0.2, 0) is 10.4 Å². The predicted octanol–water partition coefficient (Wildman–Crippen LogP) is 3.44. The zero-order valence-electron chi connectivity index (χ0n) is 15.5. The van der Waals surface area contributed by atoms with Crippen molar-refractivity contribution in [3.8, 4) is 11.5 Å². The number of aromatic hydroxyl groups is 1. The Kier molecular flexibility index (Phi) is 6.16. The van der Waals surface area contributed by atoms with Crippen molar-refractivity contribution in [1.29, 1.82) is 0 Å². The molecule has 7 heteroatoms. The molecule has 3 N–H and O–H groups in total. The van der Waals surface area contributed by atoms with Gasteiger partial charge in [-0.3, -0.25) is 4.79 Å². The average molecular weight is 411 g/mol. The summed E-state index contributed by atoms with van der Waals surface area (Å²) in [6, 6.07) is 20.2. The van der Waals surface area contributed by atoms with Gasteiger partial charge in [-0.1, -0.05) is 72.3 Å². The van der Waals surface area contributed by atoms with Crippen LogP contribution in [0.5, 0.6) is 11.5 Å². The SMILES string of the molecule is COc1cc(C=NNC(=O)C(O)(c2ccccc2)c2ccccc2)cc(Cl)c1O. The second-order valence-electron chi connectivity index (χ2n) is 6.20. The average Bonchev–Trinajstić information content (AvgIpc) is 2.76. The van der Waals surface area contributed by atoms with Gasteiger partial charge in [0.05, 0.1) is 18.3 Å². The van der Waals surface area contributed by atoms with Gasteiger partial charge >= 0.3 is 0 Å². The number of phenolic OH excluding ortho intramolecular Hbond substituents is 1. The minimum Gasteiger partial charge on any atom is -0.503 e. The van der Waals surface area contributed by atoms with Gasteiger partial charge in [-0.25, -0.2) is 5.43 Å². The predicted molar refractivity (Wildman–Crippen MR) is 111 cm³/mol. The normalized spacial score (nSPS) is 11.4. The first-order valence-electron chi connectivity index (χ1n) is 8.70. The van der Waals surface area contributed by atoms with E-state index in [4.69, 9.17) is 16.3 Å². The van der Waals surface area contributed by atoms with Gasteiger partial charge in [0.25, 0.3) is 5.91 Å². The van der Waals surface area contributed by atoms with Gasteiger partial charge in [0.1, 0.15) is 0 Å². The highest BCUT2D eigenvalue weighted by molar-refractivity contribution is 6.32. The third kappa shape index (κ3) is 4.23. The number of hydrogen-bond donors (Lipinski definition) is 3. The molecule has 148 valence electrons. The van der Waals surface area contributed by atoms with Crippen molar-refractivity contribution in [3.05, 3.63) is 94.5 Å². The topological polar surface area (TPSA) is 91.2 Å². The second kappa shape index (κ2) is 8.77. The van der Waals surface area contributed by atoms with Gasteiger partial charge in [0.2, 0.25) is 0 Å². The highest BCUT2D eigenvalue weighted by Gasteiger charge is 2.39. The number of nitrogens with zero attached hydrogens (tertiary/aromatic N) is 1. The molecule has 0 fully saturated rings. The molecule has 0 saturated carbocycles. The minimum atomic E-state index is -1.93. The van der Waals surface area contributed by atoms with Crippen LogP contribution in [0.3, 0.4) is 0 Å². The second-order valence-corrected chi connectivity index (χ2v) is 6.60. The number of amides is 1. The number of benzene rings is 3. The number of hydrogen-bond acceptors (Lipinski definition) is 5. The minimum absolute atomic E-state index is 0.0854. The molecular weight excluding hydrogens is 392 g/mol. The van der Waals surface area contributed by atoms with Crippen LogP contribution in [0.25, 0.3) is 0 Å². The molecule has 0 atom stereocenters. The molecule has 1 amide bonds. The summed E-state index contributed by atoms with van der Waals surface area (Å²) >= 11 is 5.95. The number of nitrogens with one attached hydrogen (secondary N) is 1. The van der Waals surface area contributed by atoms with E-state index in [1.807, 2.05) is 0 Å². The fraction of sp³-hybridized carbons (Fsp3) is 0.0909. The van der Waals surface area contributed by atoms with E-state index in [-0.39, 0.29) is 16.5 Å². The van der Waals surface area contributed by atoms with Crippen molar-refractivity contribution in [1.82, 2.24) is 5.43 Å². The van der Waals surface area contributed by atoms with E-state index in [1.165, 1.54) is 25.5 Å². The molecule has 0 bridgehead atoms. The van der Waals surface area contributed by atoms with E-state index in [0.29, 0.717) is 16.7 Å². The van der Waals surface area contributed by atoms with Crippen molar-refractivity contribution in [2.24, 2.45) is 5.10 Å². The molecule has 0 heterocycles. The van der Waals surface area contributed by atoms with Crippen molar-refractivity contribution < 1.29 is 19.7 Å². The van der Waals surface area contributed by atoms with Crippen LogP contribution in [0.2, 0.25) is 5.02 Å². The molecule has 0 spiro atoms. The van der Waals surface area contributed by atoms with Gasteiger partial charge in [-0.15, -0.1) is 0 Å². The Labute approximate surface area is 173 Å². The van der Waals surface area contributed by atoms with Crippen LogP contribution in [0.4, 0.5) is 0 Å². The van der Waals surface area contributed by atoms with E-state index in [1.54, 1.807) is 60.7 Å². The van der Waals surface area contributed by atoms with Crippen LogP contribution in [0.1, 0.15) is 16.7 Å². The highest BCUT2D eigenvalue weighted by atomic mass is 35.5. The Hall–Kier alpha value is -3.35. The van der Waals surface area contributed by atoms with Crippen molar-refractivity contribution in [3.63, 3.8) is 0 Å². The molecule has 0 aliphatic heterocycles. The molecular formula is C22H19ClN2O4. The molecule has 3 aromatic rings. The lowest BCUT2D eigenvalue weighted by Gasteiger charge is -2.27. The van der Waals surface area contributed by atoms with E-state index < -0.39 is 11.5 Å². The molecule has 0 aliphatic carbocycles. The lowest BCUT2D eigenvalue weighted by Crippen LogP contribution is -2.43. The summed E-state index contributed by atoms with van der Waals surface area (Å²) < 4.78 is 5.04. The summed E-state index contributed by atoms with van der Waals surface area (Å²) in [5, 5.41) is 25.1. The molecule has 29 heavy (non-hydrogen) atoms. The summed E-state index contributed by atoms with van der Waals surface area (Å²) in [7, 11) is 1.40. The fourth-order valence-electron chi connectivity index (χ4n) is 2.86. The quantitative estimate of drug-likeness (QED) is 0.429. The molecule has 0 aromatic heterocycles. The largest absolute Gasteiger partial charge is 0.503 e. The number of aliphatic hydroxyl groups is 1. The molecule has 0 aliphatic rings. The van der Waals surface area contributed by atoms with Gasteiger partial charge < -0.3 is 14.9 Å². The van der Waals surface area contributed by atoms with E-state index in [2.05, 4.69) is 10.5 Å². The zero-order chi connectivity index (χ0) is 20.9. The fourth-order valence-corrected chi connectivity index (χ4v) is 3.08. The van der Waals surface area contributed by atoms with Crippen LogP contribution >= 0.6 is 11.6 Å². The molecule has 0 saturated heterocycles. The third-order valence-electron chi connectivity index (χ3n) is 4.36. The lowest BCUT2D eigenvalue weighted by molar-refractivity contribution is -0.136. The van der Waals surface area contributed by atoms with E-state index in [9.17, 15) is 15.0 Å². The maximum atomic E-state index is 12.9. The Bertz CT molecular complexity index is 984. The van der Waals surface area contributed by atoms with Crippen LogP contribution in [0, 0.1) is 0 Å². The summed E-state index contributed by atoms with van der Waals surface area (Å²) in [6.07, 6.45) is 1.34. The number of phenols is 1. The molecule has 3 rings (SSSR count). The van der Waals surface area contributed by atoms with Gasteiger partial charge in [-0.2, -0.15) is 5.10 Å². The van der Waals surface area contributed by atoms with Crippen LogP contribution in [0.15, 0.2) is 77.9 Å². The number of ether oxygens (including phenoxy) is 1. The number of hydrazone groups is 1. The highest BCUT2D eigenvalue weighted by Crippen LogP contribution is 2.34. The molecule has 3 aromatic carbocycles. The first-order valence-corrected chi connectivity index (χ1v) is 9.08. The molecule has 0 radical (unpaired) electrons. The summed E-state index contributed by atoms with van der Waals surface area (Å²) in [4.78, 5) is 12.9. The molecule has 6 nitrogen and oxygen atoms in total. The Morgan fingerprint density at radius 3 is 2.14 bits per heavy atom. The number of rotatable bonds is 6. The van der Waals surface area contributed by atoms with Gasteiger partial charge in [0, 0.05) is 0 Å². The van der Waals surface area contributed by atoms with Crippen molar-refractivity contribution >= 4 is 23.7 Å². The standard InChI is InChI=1S/C22H19ClN2O4/c1-29-19-13-15(12-18(23)20(19)26)14-24-25-21(27)22(28,16-8-4-2-5-9-16)17-10-6-3-7-11-17/h2-14,26,28H,1H3,(H,25,27). The molecule has 0 unspecified atom stereocenters. The summed E-state index contributed by atoms with van der Waals surface area (Å²) in [5.74, 6) is -0.726. The zero-order valence-corrected chi connectivity index (χ0v) is 16.3. The van der Waals surface area contributed by atoms with E-state index >= 15 is 0 Å². The van der Waals surface area contributed by atoms with Crippen LogP contribution < -0.4 is 10.2 Å². The van der Waals surface area contributed by atoms with Crippen LogP contribution in [-0.4, -0.2) is 29.4 Å². The first kappa shape index (κ1) is 20.4. The summed E-state index contributed by atoms with van der Waals surface area (Å²) in [5.41, 5.74) is 1.76. The number of carbonyl (C=O) groups is 1.